The number of carbonyl (C=O) groups is 4. The molecule has 2 rings (SSSR count). The van der Waals surface area contributed by atoms with Crippen LogP contribution in [0.15, 0.2) is 54.6 Å². The predicted octanol–water partition coefficient (Wildman–Crippen LogP) is 3.89. The number of rotatable bonds is 13. The number of aliphatic carboxylic acids is 1. The van der Waals surface area contributed by atoms with Gasteiger partial charge in [-0.15, -0.1) is 0 Å². The molecule has 1 aromatic carbocycles. The lowest BCUT2D eigenvalue weighted by Gasteiger charge is -2.22. The van der Waals surface area contributed by atoms with E-state index in [1.165, 1.54) is 19.9 Å². The molecular formula is C26H32O8. The number of hydrogen-bond acceptors (Lipinski definition) is 7. The zero-order chi connectivity index (χ0) is 24.9. The quantitative estimate of drug-likeness (QED) is 0.199. The molecule has 4 atom stereocenters. The van der Waals surface area contributed by atoms with Crippen LogP contribution in [0.25, 0.3) is 0 Å². The largest absolute Gasteiger partial charge is 0.485 e. The molecule has 0 amide bonds. The molecule has 0 saturated heterocycles. The Hall–Kier alpha value is -3.42. The maximum atomic E-state index is 12.4. The van der Waals surface area contributed by atoms with Crippen LogP contribution in [0.2, 0.25) is 0 Å². The summed E-state index contributed by atoms with van der Waals surface area (Å²) in [4.78, 5) is 46.4. The van der Waals surface area contributed by atoms with Crippen LogP contribution in [0.3, 0.4) is 0 Å². The smallest absolute Gasteiger partial charge is 0.303 e. The summed E-state index contributed by atoms with van der Waals surface area (Å²) in [5.41, 5.74) is 0. The molecule has 1 fully saturated rings. The van der Waals surface area contributed by atoms with Crippen molar-refractivity contribution in [2.45, 2.75) is 58.2 Å². The predicted molar refractivity (Wildman–Crippen MR) is 124 cm³/mol. The zero-order valence-corrected chi connectivity index (χ0v) is 19.6. The van der Waals surface area contributed by atoms with Crippen molar-refractivity contribution in [2.24, 2.45) is 11.8 Å². The van der Waals surface area contributed by atoms with Crippen molar-refractivity contribution in [1.29, 1.82) is 0 Å². The lowest BCUT2D eigenvalue weighted by molar-refractivity contribution is -0.149. The molecule has 0 spiro atoms. The molecule has 0 radical (unpaired) electrons. The van der Waals surface area contributed by atoms with Crippen molar-refractivity contribution in [3.8, 4) is 5.75 Å². The number of ether oxygens (including phenoxy) is 3. The van der Waals surface area contributed by atoms with Gasteiger partial charge in [-0.05, 0) is 37.5 Å². The van der Waals surface area contributed by atoms with Crippen LogP contribution in [0.4, 0.5) is 0 Å². The fourth-order valence-corrected chi connectivity index (χ4v) is 4.03. The van der Waals surface area contributed by atoms with E-state index in [9.17, 15) is 19.2 Å². The lowest BCUT2D eigenvalue weighted by atomic mass is 9.89. The Bertz CT molecular complexity index is 889. The highest BCUT2D eigenvalue weighted by molar-refractivity contribution is 5.91. The number of unbranched alkanes of at least 4 members (excludes halogenated alkanes) is 1. The summed E-state index contributed by atoms with van der Waals surface area (Å²) in [6, 6.07) is 8.99. The molecule has 0 heterocycles. The molecule has 1 N–H and O–H groups in total. The maximum absolute atomic E-state index is 12.4. The number of esters is 2. The summed E-state index contributed by atoms with van der Waals surface area (Å²) in [6.07, 6.45) is 8.01. The van der Waals surface area contributed by atoms with Crippen LogP contribution in [0.1, 0.15) is 46.0 Å². The van der Waals surface area contributed by atoms with Gasteiger partial charge in [-0.3, -0.25) is 19.2 Å². The summed E-state index contributed by atoms with van der Waals surface area (Å²) in [6.45, 7) is 2.51. The van der Waals surface area contributed by atoms with Crippen molar-refractivity contribution in [1.82, 2.24) is 0 Å². The first-order valence-corrected chi connectivity index (χ1v) is 11.4. The second-order valence-corrected chi connectivity index (χ2v) is 8.19. The highest BCUT2D eigenvalue weighted by Gasteiger charge is 2.45. The summed E-state index contributed by atoms with van der Waals surface area (Å²) < 4.78 is 16.5. The molecule has 34 heavy (non-hydrogen) atoms. The summed E-state index contributed by atoms with van der Waals surface area (Å²) in [5, 5.41) is 8.75. The second-order valence-electron chi connectivity index (χ2n) is 8.19. The van der Waals surface area contributed by atoms with Gasteiger partial charge in [-0.25, -0.2) is 0 Å². The normalized spacial score (nSPS) is 22.1. The molecule has 1 aromatic rings. The van der Waals surface area contributed by atoms with Crippen LogP contribution in [-0.2, 0) is 28.7 Å². The average molecular weight is 473 g/mol. The number of carbonyl (C=O) groups excluding carboxylic acids is 3. The average Bonchev–Trinajstić information content (AvgIpc) is 3.08. The van der Waals surface area contributed by atoms with Crippen molar-refractivity contribution in [3.05, 3.63) is 54.6 Å². The number of para-hydroxylation sites is 1. The third-order valence-electron chi connectivity index (χ3n) is 5.47. The summed E-state index contributed by atoms with van der Waals surface area (Å²) in [7, 11) is 0. The number of benzene rings is 1. The van der Waals surface area contributed by atoms with Gasteiger partial charge in [-0.2, -0.15) is 0 Å². The van der Waals surface area contributed by atoms with Gasteiger partial charge in [0, 0.05) is 38.5 Å². The number of allylic oxidation sites excluding steroid dienone is 2. The number of carboxylic acids is 1. The van der Waals surface area contributed by atoms with E-state index in [2.05, 4.69) is 0 Å². The fourth-order valence-electron chi connectivity index (χ4n) is 4.03. The fraction of sp³-hybridized carbons (Fsp3) is 0.462. The van der Waals surface area contributed by atoms with Crippen molar-refractivity contribution < 1.29 is 38.5 Å². The molecule has 1 aliphatic carbocycles. The van der Waals surface area contributed by atoms with Crippen LogP contribution in [0, 0.1) is 11.8 Å². The minimum atomic E-state index is -0.838. The van der Waals surface area contributed by atoms with Crippen molar-refractivity contribution in [3.63, 3.8) is 0 Å². The van der Waals surface area contributed by atoms with Gasteiger partial charge in [0.05, 0.1) is 0 Å². The van der Waals surface area contributed by atoms with E-state index in [0.717, 1.165) is 0 Å². The topological polar surface area (TPSA) is 116 Å². The highest BCUT2D eigenvalue weighted by Crippen LogP contribution is 2.40. The Kier molecular flexibility index (Phi) is 11.0. The van der Waals surface area contributed by atoms with Crippen LogP contribution < -0.4 is 4.74 Å². The van der Waals surface area contributed by atoms with Gasteiger partial charge < -0.3 is 19.3 Å². The third kappa shape index (κ3) is 9.60. The van der Waals surface area contributed by atoms with E-state index in [1.807, 2.05) is 30.4 Å². The van der Waals surface area contributed by atoms with Crippen LogP contribution in [0.5, 0.6) is 5.75 Å². The van der Waals surface area contributed by atoms with Gasteiger partial charge in [-0.1, -0.05) is 36.4 Å². The van der Waals surface area contributed by atoms with Gasteiger partial charge >= 0.3 is 17.9 Å². The molecule has 0 unspecified atom stereocenters. The molecule has 0 aliphatic heterocycles. The standard InChI is InChI=1S/C26H32O8/c1-18(27)33-24-16-25(34-19(2)28)23(22(24)12-8-3-4-9-13-26(30)31)15-14-20(29)17-32-21-10-6-5-7-11-21/h3,5-8,10-11,14-15,22-25H,4,9,12-13,16-17H2,1-2H3,(H,30,31)/b8-3-,15-14+/t22-,23-,24+,25-/m1/s1. The summed E-state index contributed by atoms with van der Waals surface area (Å²) >= 11 is 0. The molecular weight excluding hydrogens is 440 g/mol. The molecule has 8 nitrogen and oxygen atoms in total. The number of carboxylic acid groups (broad SMARTS) is 1. The van der Waals surface area contributed by atoms with Gasteiger partial charge in [0.1, 0.15) is 18.0 Å². The Morgan fingerprint density at radius 3 is 2.32 bits per heavy atom. The maximum Gasteiger partial charge on any atom is 0.303 e. The Morgan fingerprint density at radius 1 is 1.00 bits per heavy atom. The molecule has 1 aliphatic rings. The minimum Gasteiger partial charge on any atom is -0.485 e. The first-order chi connectivity index (χ1) is 16.3. The van der Waals surface area contributed by atoms with Crippen LogP contribution >= 0.6 is 0 Å². The highest BCUT2D eigenvalue weighted by atomic mass is 16.6. The van der Waals surface area contributed by atoms with E-state index < -0.39 is 30.1 Å². The second kappa shape index (κ2) is 14.0. The minimum absolute atomic E-state index is 0.0941. The van der Waals surface area contributed by atoms with Crippen molar-refractivity contribution >= 4 is 23.7 Å². The first-order valence-electron chi connectivity index (χ1n) is 11.4. The number of hydrogen-bond donors (Lipinski definition) is 1. The lowest BCUT2D eigenvalue weighted by Crippen LogP contribution is -2.25. The first kappa shape index (κ1) is 26.8. The SMILES string of the molecule is CC(=O)O[C@H]1C[C@@H](OC(C)=O)[C@H](/C=C/C(=O)COc2ccccc2)[C@H]1C/C=C\CCCC(=O)O. The Balaban J connectivity index is 2.09. The van der Waals surface area contributed by atoms with Gasteiger partial charge in [0.15, 0.2) is 12.4 Å². The Morgan fingerprint density at radius 2 is 1.68 bits per heavy atom. The van der Waals surface area contributed by atoms with E-state index in [1.54, 1.807) is 18.2 Å². The van der Waals surface area contributed by atoms with Gasteiger partial charge in [0.2, 0.25) is 0 Å². The number of ketones is 1. The van der Waals surface area contributed by atoms with E-state index in [-0.39, 0.29) is 30.6 Å². The molecule has 1 saturated carbocycles. The monoisotopic (exact) mass is 472 g/mol. The van der Waals surface area contributed by atoms with Crippen molar-refractivity contribution in [2.75, 3.05) is 6.61 Å². The van der Waals surface area contributed by atoms with Crippen LogP contribution in [-0.4, -0.2) is 47.6 Å². The van der Waals surface area contributed by atoms with E-state index >= 15 is 0 Å². The molecule has 0 aromatic heterocycles. The molecule has 184 valence electrons. The van der Waals surface area contributed by atoms with E-state index in [0.29, 0.717) is 31.4 Å². The molecule has 0 bridgehead atoms. The zero-order valence-electron chi connectivity index (χ0n) is 19.6. The van der Waals surface area contributed by atoms with Gasteiger partial charge in [0.25, 0.3) is 0 Å². The summed E-state index contributed by atoms with van der Waals surface area (Å²) in [5.74, 6) is -1.92. The van der Waals surface area contributed by atoms with E-state index in [4.69, 9.17) is 19.3 Å². The Labute approximate surface area is 199 Å². The third-order valence-corrected chi connectivity index (χ3v) is 5.47. The molecule has 8 heteroatoms.